The van der Waals surface area contributed by atoms with E-state index >= 15 is 0 Å². The molecule has 0 saturated heterocycles. The van der Waals surface area contributed by atoms with Crippen molar-refractivity contribution in [2.75, 3.05) is 32.9 Å². The highest BCUT2D eigenvalue weighted by Crippen LogP contribution is 1.98. The number of nitrogens with one attached hydrogen (secondary N) is 2. The van der Waals surface area contributed by atoms with Crippen LogP contribution in [-0.4, -0.2) is 51.3 Å². The highest BCUT2D eigenvalue weighted by atomic mass is 16.5. The predicted octanol–water partition coefficient (Wildman–Crippen LogP) is 3.29. The van der Waals surface area contributed by atoms with E-state index in [1.54, 1.807) is 0 Å². The molecule has 156 valence electrons. The Morgan fingerprint density at radius 3 is 1.92 bits per heavy atom. The van der Waals surface area contributed by atoms with Crippen molar-refractivity contribution in [3.63, 3.8) is 0 Å². The molecule has 0 bridgehead atoms. The number of hydrogen-bond donors (Lipinski definition) is 2. The molecule has 0 aromatic heterocycles. The molecule has 6 heteroatoms. The van der Waals surface area contributed by atoms with Crippen LogP contribution in [0.15, 0.2) is 0 Å². The summed E-state index contributed by atoms with van der Waals surface area (Å²) in [6.07, 6.45) is 6.97. The maximum atomic E-state index is 11.4. The number of rotatable bonds is 16. The molecule has 0 aliphatic heterocycles. The highest BCUT2D eigenvalue weighted by molar-refractivity contribution is 5.77. The number of hydrogen-bond acceptors (Lipinski definition) is 4. The van der Waals surface area contributed by atoms with Gasteiger partial charge in [-0.05, 0) is 58.3 Å². The monoisotopic (exact) mass is 374 g/mol. The highest BCUT2D eigenvalue weighted by Gasteiger charge is 2.01. The molecule has 0 aromatic carbocycles. The number of carbonyl (C=O) groups is 2. The first-order chi connectivity index (χ1) is 12.4. The lowest BCUT2D eigenvalue weighted by Crippen LogP contribution is -2.29. The van der Waals surface area contributed by atoms with Gasteiger partial charge in [0.25, 0.3) is 0 Å². The van der Waals surface area contributed by atoms with Gasteiger partial charge in [0.1, 0.15) is 6.61 Å². The zero-order valence-corrected chi connectivity index (χ0v) is 17.6. The summed E-state index contributed by atoms with van der Waals surface area (Å²) in [6.45, 7) is 13.5. The molecule has 0 fully saturated rings. The van der Waals surface area contributed by atoms with Crippen LogP contribution in [-0.2, 0) is 19.1 Å². The van der Waals surface area contributed by atoms with Gasteiger partial charge in [-0.2, -0.15) is 0 Å². The second-order valence-corrected chi connectivity index (χ2v) is 7.25. The predicted molar refractivity (Wildman–Crippen MR) is 107 cm³/mol. The van der Waals surface area contributed by atoms with Gasteiger partial charge in [-0.15, -0.1) is 0 Å². The van der Waals surface area contributed by atoms with Crippen LogP contribution in [0.5, 0.6) is 0 Å². The third kappa shape index (κ3) is 30.7. The second kappa shape index (κ2) is 21.9. The molecule has 0 aliphatic rings. The van der Waals surface area contributed by atoms with Crippen molar-refractivity contribution in [2.45, 2.75) is 79.2 Å². The first-order valence-electron chi connectivity index (χ1n) is 10.0. The lowest BCUT2D eigenvalue weighted by Gasteiger charge is -2.08. The molecular weight excluding hydrogens is 332 g/mol. The molecule has 0 rings (SSSR count). The van der Waals surface area contributed by atoms with E-state index in [2.05, 4.69) is 31.4 Å². The lowest BCUT2D eigenvalue weighted by atomic mass is 10.2. The summed E-state index contributed by atoms with van der Waals surface area (Å²) in [6, 6.07) is 0. The summed E-state index contributed by atoms with van der Waals surface area (Å²) in [5.41, 5.74) is 0. The summed E-state index contributed by atoms with van der Waals surface area (Å²) >= 11 is 0. The van der Waals surface area contributed by atoms with Crippen molar-refractivity contribution in [3.8, 4) is 0 Å². The molecule has 2 N–H and O–H groups in total. The maximum Gasteiger partial charge on any atom is 0.246 e. The first-order valence-corrected chi connectivity index (χ1v) is 10.0. The van der Waals surface area contributed by atoms with Crippen LogP contribution in [0, 0.1) is 5.92 Å². The van der Waals surface area contributed by atoms with E-state index in [1.807, 2.05) is 13.8 Å². The molecule has 0 atom stereocenters. The molecule has 0 aliphatic carbocycles. The van der Waals surface area contributed by atoms with E-state index in [-0.39, 0.29) is 18.6 Å². The summed E-state index contributed by atoms with van der Waals surface area (Å²) in [5.74, 6) is 0.786. The normalized spacial score (nSPS) is 10.4. The van der Waals surface area contributed by atoms with E-state index in [4.69, 9.17) is 9.47 Å². The average Bonchev–Trinajstić information content (AvgIpc) is 2.56. The topological polar surface area (TPSA) is 76.7 Å². The van der Waals surface area contributed by atoms with Crippen LogP contribution in [0.4, 0.5) is 0 Å². The Morgan fingerprint density at radius 2 is 1.42 bits per heavy atom. The van der Waals surface area contributed by atoms with Crippen molar-refractivity contribution in [1.29, 1.82) is 0 Å². The van der Waals surface area contributed by atoms with Gasteiger partial charge >= 0.3 is 0 Å². The minimum absolute atomic E-state index is 0.0472. The molecule has 0 saturated carbocycles. The van der Waals surface area contributed by atoms with Gasteiger partial charge in [0.2, 0.25) is 12.3 Å². The zero-order chi connectivity index (χ0) is 20.0. The number of unbranched alkanes of at least 4 members (excludes halogenated alkanes) is 4. The standard InChI is InChI=1S/C16H32N2O4.C4H10/c1-15(2)22-13-16(20)18-10-6-4-8-12-21-11-7-3-5-9-17-14-19;1-4(2)3/h14-15H,3-13H2,1-2H3,(H,17,19)(H,18,20);4H,1-3H3. The van der Waals surface area contributed by atoms with E-state index < -0.39 is 0 Å². The van der Waals surface area contributed by atoms with Crippen LogP contribution in [0.2, 0.25) is 0 Å². The van der Waals surface area contributed by atoms with Crippen LogP contribution in [0.25, 0.3) is 0 Å². The second-order valence-electron chi connectivity index (χ2n) is 7.25. The van der Waals surface area contributed by atoms with Crippen LogP contribution in [0.3, 0.4) is 0 Å². The maximum absolute atomic E-state index is 11.4. The minimum Gasteiger partial charge on any atom is -0.381 e. The molecule has 26 heavy (non-hydrogen) atoms. The van der Waals surface area contributed by atoms with Crippen LogP contribution < -0.4 is 10.6 Å². The Kier molecular flexibility index (Phi) is 22.8. The fourth-order valence-corrected chi connectivity index (χ4v) is 1.80. The van der Waals surface area contributed by atoms with E-state index in [1.165, 1.54) is 0 Å². The molecular formula is C20H42N2O4. The molecule has 2 amide bonds. The smallest absolute Gasteiger partial charge is 0.246 e. The Bertz CT molecular complexity index is 307. The van der Waals surface area contributed by atoms with E-state index in [0.29, 0.717) is 6.54 Å². The van der Waals surface area contributed by atoms with Gasteiger partial charge in [0, 0.05) is 26.3 Å². The van der Waals surface area contributed by atoms with Gasteiger partial charge in [-0.1, -0.05) is 20.8 Å². The summed E-state index contributed by atoms with van der Waals surface area (Å²) in [7, 11) is 0. The van der Waals surface area contributed by atoms with Gasteiger partial charge in [0.15, 0.2) is 0 Å². The average molecular weight is 375 g/mol. The number of amides is 2. The number of carbonyl (C=O) groups excluding carboxylic acids is 2. The summed E-state index contributed by atoms with van der Waals surface area (Å²) in [4.78, 5) is 21.4. The Balaban J connectivity index is 0. The van der Waals surface area contributed by atoms with Crippen LogP contribution >= 0.6 is 0 Å². The van der Waals surface area contributed by atoms with E-state index in [0.717, 1.165) is 70.6 Å². The molecule has 0 spiro atoms. The SMILES string of the molecule is CC(C)C.CC(C)OCC(=O)NCCCCCOCCCCCNC=O. The molecule has 0 unspecified atom stereocenters. The van der Waals surface area contributed by atoms with Gasteiger partial charge in [-0.25, -0.2) is 0 Å². The fraction of sp³-hybridized carbons (Fsp3) is 0.900. The fourth-order valence-electron chi connectivity index (χ4n) is 1.80. The largest absolute Gasteiger partial charge is 0.381 e. The van der Waals surface area contributed by atoms with Gasteiger partial charge < -0.3 is 20.1 Å². The van der Waals surface area contributed by atoms with Gasteiger partial charge in [-0.3, -0.25) is 9.59 Å². The summed E-state index contributed by atoms with van der Waals surface area (Å²) < 4.78 is 10.7. The number of ether oxygens (including phenoxy) is 2. The Hall–Kier alpha value is -1.14. The quantitative estimate of drug-likeness (QED) is 0.321. The van der Waals surface area contributed by atoms with Crippen molar-refractivity contribution in [2.24, 2.45) is 5.92 Å². The van der Waals surface area contributed by atoms with Crippen molar-refractivity contribution < 1.29 is 19.1 Å². The van der Waals surface area contributed by atoms with Crippen molar-refractivity contribution in [3.05, 3.63) is 0 Å². The molecule has 0 aromatic rings. The minimum atomic E-state index is -0.0472. The van der Waals surface area contributed by atoms with Gasteiger partial charge in [0.05, 0.1) is 6.10 Å². The summed E-state index contributed by atoms with van der Waals surface area (Å²) in [5, 5.41) is 5.48. The third-order valence-corrected chi connectivity index (χ3v) is 3.03. The van der Waals surface area contributed by atoms with E-state index in [9.17, 15) is 9.59 Å². The molecule has 0 radical (unpaired) electrons. The van der Waals surface area contributed by atoms with Crippen molar-refractivity contribution >= 4 is 12.3 Å². The zero-order valence-electron chi connectivity index (χ0n) is 17.6. The van der Waals surface area contributed by atoms with Crippen molar-refractivity contribution in [1.82, 2.24) is 10.6 Å². The third-order valence-electron chi connectivity index (χ3n) is 3.03. The Morgan fingerprint density at radius 1 is 0.885 bits per heavy atom. The Labute approximate surface area is 160 Å². The molecule has 6 nitrogen and oxygen atoms in total. The van der Waals surface area contributed by atoms with Crippen LogP contribution in [0.1, 0.15) is 73.1 Å². The molecule has 0 heterocycles. The first kappa shape index (κ1) is 27.1. The lowest BCUT2D eigenvalue weighted by molar-refractivity contribution is -0.127.